The molecule has 1 heterocycles. The van der Waals surface area contributed by atoms with Crippen LogP contribution < -0.4 is 5.32 Å². The highest BCUT2D eigenvalue weighted by molar-refractivity contribution is 7.10. The summed E-state index contributed by atoms with van der Waals surface area (Å²) in [6.45, 7) is 0. The third-order valence-corrected chi connectivity index (χ3v) is 4.70. The number of nitrogens with one attached hydrogen (secondary N) is 1. The van der Waals surface area contributed by atoms with E-state index in [9.17, 15) is 4.79 Å². The van der Waals surface area contributed by atoms with Crippen molar-refractivity contribution >= 4 is 23.0 Å². The molecule has 0 saturated carbocycles. The van der Waals surface area contributed by atoms with E-state index in [1.165, 1.54) is 30.4 Å². The van der Waals surface area contributed by atoms with Crippen molar-refractivity contribution in [2.45, 2.75) is 25.3 Å². The van der Waals surface area contributed by atoms with Crippen LogP contribution in [0.25, 0.3) is 0 Å². The van der Waals surface area contributed by atoms with Crippen molar-refractivity contribution in [1.82, 2.24) is 0 Å². The summed E-state index contributed by atoms with van der Waals surface area (Å²) in [5, 5.41) is 5.73. The van der Waals surface area contributed by atoms with E-state index in [2.05, 4.69) is 16.8 Å². The molecule has 3 rings (SSSR count). The summed E-state index contributed by atoms with van der Waals surface area (Å²) in [6.07, 6.45) is 3.58. The zero-order valence-corrected chi connectivity index (χ0v) is 12.2. The third kappa shape index (κ3) is 2.56. The van der Waals surface area contributed by atoms with Gasteiger partial charge in [-0.05, 0) is 60.5 Å². The number of fused-ring (bicyclic) bond motifs is 1. The lowest BCUT2D eigenvalue weighted by molar-refractivity contribution is 0.0601. The molecule has 1 aromatic heterocycles. The van der Waals surface area contributed by atoms with Crippen LogP contribution in [0, 0.1) is 0 Å². The monoisotopic (exact) mass is 287 g/mol. The lowest BCUT2D eigenvalue weighted by Crippen LogP contribution is -2.15. The van der Waals surface area contributed by atoms with Crippen molar-refractivity contribution in [2.75, 3.05) is 12.4 Å². The van der Waals surface area contributed by atoms with Gasteiger partial charge in [0.05, 0.1) is 18.7 Å². The van der Waals surface area contributed by atoms with E-state index in [0.29, 0.717) is 11.6 Å². The van der Waals surface area contributed by atoms with E-state index in [1.807, 2.05) is 23.5 Å². The van der Waals surface area contributed by atoms with Gasteiger partial charge >= 0.3 is 5.97 Å². The Hall–Kier alpha value is -1.81. The summed E-state index contributed by atoms with van der Waals surface area (Å²) in [5.41, 5.74) is 3.05. The molecule has 1 atom stereocenters. The average Bonchev–Trinajstić information content (AvgIpc) is 2.97. The fraction of sp³-hybridized carbons (Fsp3) is 0.312. The highest BCUT2D eigenvalue weighted by Crippen LogP contribution is 2.35. The number of aryl methyl sites for hydroxylation is 1. The SMILES string of the molecule is COC(=O)c1ccc(NC2CCCc3sccc32)cc1. The summed E-state index contributed by atoms with van der Waals surface area (Å²) in [7, 11) is 1.40. The van der Waals surface area contributed by atoms with Gasteiger partial charge in [0, 0.05) is 10.6 Å². The van der Waals surface area contributed by atoms with Gasteiger partial charge in [-0.1, -0.05) is 0 Å². The first-order valence-corrected chi connectivity index (χ1v) is 7.67. The standard InChI is InChI=1S/C16H17NO2S/c1-19-16(18)11-5-7-12(8-6-11)17-14-3-2-4-15-13(14)9-10-20-15/h5-10,14,17H,2-4H2,1H3. The molecule has 0 spiro atoms. The molecule has 104 valence electrons. The second-order valence-electron chi connectivity index (χ2n) is 4.96. The van der Waals surface area contributed by atoms with Gasteiger partial charge in [0.25, 0.3) is 0 Å². The number of ether oxygens (including phenoxy) is 1. The van der Waals surface area contributed by atoms with E-state index in [4.69, 9.17) is 4.74 Å². The van der Waals surface area contributed by atoms with Gasteiger partial charge < -0.3 is 10.1 Å². The number of anilines is 1. The van der Waals surface area contributed by atoms with E-state index in [-0.39, 0.29) is 5.97 Å². The van der Waals surface area contributed by atoms with E-state index in [1.54, 1.807) is 12.1 Å². The third-order valence-electron chi connectivity index (χ3n) is 3.70. The van der Waals surface area contributed by atoms with Crippen LogP contribution in [0.1, 0.15) is 39.7 Å². The van der Waals surface area contributed by atoms with Gasteiger partial charge in [-0.2, -0.15) is 0 Å². The minimum atomic E-state index is -0.297. The number of rotatable bonds is 3. The molecule has 2 aromatic rings. The van der Waals surface area contributed by atoms with Crippen LogP contribution in [0.5, 0.6) is 0 Å². The van der Waals surface area contributed by atoms with Crippen LogP contribution in [0.3, 0.4) is 0 Å². The summed E-state index contributed by atoms with van der Waals surface area (Å²) in [6, 6.07) is 10.1. The molecule has 0 bridgehead atoms. The maximum atomic E-state index is 11.4. The number of carbonyl (C=O) groups is 1. The van der Waals surface area contributed by atoms with Crippen molar-refractivity contribution < 1.29 is 9.53 Å². The molecule has 3 nitrogen and oxygen atoms in total. The molecular formula is C16H17NO2S. The summed E-state index contributed by atoms with van der Waals surface area (Å²) in [5.74, 6) is -0.297. The highest BCUT2D eigenvalue weighted by atomic mass is 32.1. The smallest absolute Gasteiger partial charge is 0.337 e. The number of benzene rings is 1. The van der Waals surface area contributed by atoms with Crippen LogP contribution in [-0.4, -0.2) is 13.1 Å². The fourth-order valence-electron chi connectivity index (χ4n) is 2.66. The van der Waals surface area contributed by atoms with Gasteiger partial charge in [-0.3, -0.25) is 0 Å². The molecule has 1 unspecified atom stereocenters. The molecule has 0 radical (unpaired) electrons. The quantitative estimate of drug-likeness (QED) is 0.866. The Kier molecular flexibility index (Phi) is 3.74. The van der Waals surface area contributed by atoms with Crippen LogP contribution in [0.4, 0.5) is 5.69 Å². The molecule has 1 aromatic carbocycles. The topological polar surface area (TPSA) is 38.3 Å². The molecule has 20 heavy (non-hydrogen) atoms. The number of hydrogen-bond acceptors (Lipinski definition) is 4. The van der Waals surface area contributed by atoms with Gasteiger partial charge in [0.2, 0.25) is 0 Å². The highest BCUT2D eigenvalue weighted by Gasteiger charge is 2.20. The number of methoxy groups -OCH3 is 1. The second-order valence-corrected chi connectivity index (χ2v) is 5.96. The molecule has 4 heteroatoms. The van der Waals surface area contributed by atoms with Crippen molar-refractivity contribution in [1.29, 1.82) is 0 Å². The zero-order chi connectivity index (χ0) is 13.9. The van der Waals surface area contributed by atoms with Crippen LogP contribution >= 0.6 is 11.3 Å². The summed E-state index contributed by atoms with van der Waals surface area (Å²) in [4.78, 5) is 12.9. The molecule has 1 aliphatic rings. The van der Waals surface area contributed by atoms with Crippen molar-refractivity contribution in [2.24, 2.45) is 0 Å². The largest absolute Gasteiger partial charge is 0.465 e. The Morgan fingerprint density at radius 1 is 1.30 bits per heavy atom. The Morgan fingerprint density at radius 3 is 2.85 bits per heavy atom. The molecule has 1 N–H and O–H groups in total. The Labute approximate surface area is 122 Å². The number of thiophene rings is 1. The molecule has 1 aliphatic carbocycles. The summed E-state index contributed by atoms with van der Waals surface area (Å²) >= 11 is 1.85. The first-order chi connectivity index (χ1) is 9.78. The lowest BCUT2D eigenvalue weighted by Gasteiger charge is -2.24. The van der Waals surface area contributed by atoms with Crippen molar-refractivity contribution in [3.05, 3.63) is 51.7 Å². The average molecular weight is 287 g/mol. The Bertz CT molecular complexity index is 603. The van der Waals surface area contributed by atoms with Crippen molar-refractivity contribution in [3.63, 3.8) is 0 Å². The van der Waals surface area contributed by atoms with E-state index >= 15 is 0 Å². The number of esters is 1. The number of hydrogen-bond donors (Lipinski definition) is 1. The zero-order valence-electron chi connectivity index (χ0n) is 11.4. The van der Waals surface area contributed by atoms with E-state index in [0.717, 1.165) is 12.1 Å². The maximum absolute atomic E-state index is 11.4. The van der Waals surface area contributed by atoms with Gasteiger partial charge in [0.1, 0.15) is 0 Å². The predicted octanol–water partition coefficient (Wildman–Crippen LogP) is 4.02. The summed E-state index contributed by atoms with van der Waals surface area (Å²) < 4.78 is 4.70. The van der Waals surface area contributed by atoms with Gasteiger partial charge in [0.15, 0.2) is 0 Å². The van der Waals surface area contributed by atoms with Crippen LogP contribution in [0.2, 0.25) is 0 Å². The van der Waals surface area contributed by atoms with Gasteiger partial charge in [-0.25, -0.2) is 4.79 Å². The molecule has 0 fully saturated rings. The van der Waals surface area contributed by atoms with Crippen LogP contribution in [-0.2, 0) is 11.2 Å². The van der Waals surface area contributed by atoms with Crippen LogP contribution in [0.15, 0.2) is 35.7 Å². The first kappa shape index (κ1) is 13.2. The van der Waals surface area contributed by atoms with E-state index < -0.39 is 0 Å². The minimum Gasteiger partial charge on any atom is -0.465 e. The molecule has 0 aliphatic heterocycles. The normalized spacial score (nSPS) is 17.4. The second kappa shape index (κ2) is 5.67. The Balaban J connectivity index is 1.75. The first-order valence-electron chi connectivity index (χ1n) is 6.79. The van der Waals surface area contributed by atoms with Gasteiger partial charge in [-0.15, -0.1) is 11.3 Å². The molecule has 0 amide bonds. The Morgan fingerprint density at radius 2 is 2.10 bits per heavy atom. The minimum absolute atomic E-state index is 0.297. The predicted molar refractivity (Wildman–Crippen MR) is 81.4 cm³/mol. The molecular weight excluding hydrogens is 270 g/mol. The number of carbonyl (C=O) groups excluding carboxylic acids is 1. The lowest BCUT2D eigenvalue weighted by atomic mass is 9.94. The molecule has 0 saturated heterocycles. The van der Waals surface area contributed by atoms with Crippen molar-refractivity contribution in [3.8, 4) is 0 Å². The fourth-order valence-corrected chi connectivity index (χ4v) is 3.65. The maximum Gasteiger partial charge on any atom is 0.337 e.